The maximum absolute atomic E-state index is 9.50. The largest absolute Gasteiger partial charge is 0.339 e. The smallest absolute Gasteiger partial charge is 0.106 e. The Hall–Kier alpha value is -3.09. The van der Waals surface area contributed by atoms with Crippen LogP contribution in [0.2, 0.25) is 0 Å². The average molecular weight is 671 g/mol. The summed E-state index contributed by atoms with van der Waals surface area (Å²) >= 11 is 0. The summed E-state index contributed by atoms with van der Waals surface area (Å²) in [5, 5.41) is 3.34. The molecule has 2 fully saturated rings. The number of alkyl halides is 1. The van der Waals surface area contributed by atoms with Gasteiger partial charge in [-0.2, -0.15) is 0 Å². The van der Waals surface area contributed by atoms with Gasteiger partial charge in [0, 0.05) is 37.6 Å². The molecule has 2 aliphatic heterocycles. The summed E-state index contributed by atoms with van der Waals surface area (Å²) in [5.41, 5.74) is 5.76. The molecule has 48 heavy (non-hydrogen) atoms. The summed E-state index contributed by atoms with van der Waals surface area (Å²) in [7, 11) is 2.33. The molecule has 0 unspecified atom stereocenters. The first-order chi connectivity index (χ1) is 23.3. The second-order valence-corrected chi connectivity index (χ2v) is 11.5. The van der Waals surface area contributed by atoms with E-state index in [9.17, 15) is 4.39 Å². The lowest BCUT2D eigenvalue weighted by atomic mass is 9.94. The molecule has 1 aromatic heterocycles. The van der Waals surface area contributed by atoms with Gasteiger partial charge in [-0.05, 0) is 50.7 Å². The standard InChI is InChI=1S/C18H29N3.C14H19N3.4C2H6.CH3F/c1-6-17-18(12-19-5)20(13-14(2)3)15(4)21(17)16-10-8-7-9-11-16;1-10-8-14-13(9-15-10)16-11(2)17(14)12-6-4-3-5-7-12;5*1-2/h6,12,14,16H,1,4,7-11,13H2,2-3,5H3;8-9,12,16H,2-7H2,1H3;4*1-2H3;1H3. The maximum atomic E-state index is 9.50. The predicted molar refractivity (Wildman–Crippen MR) is 215 cm³/mol. The Labute approximate surface area is 297 Å². The summed E-state index contributed by atoms with van der Waals surface area (Å²) < 4.78 is 9.50. The van der Waals surface area contributed by atoms with Crippen molar-refractivity contribution >= 4 is 17.6 Å². The van der Waals surface area contributed by atoms with E-state index in [-0.39, 0.29) is 0 Å². The van der Waals surface area contributed by atoms with Crippen molar-refractivity contribution in [3.63, 3.8) is 0 Å². The molecule has 5 rings (SSSR count). The number of fused-ring (bicyclic) bond motifs is 1. The number of halogens is 1. The zero-order valence-corrected chi connectivity index (χ0v) is 33.6. The van der Waals surface area contributed by atoms with E-state index < -0.39 is 0 Å². The third-order valence-electron chi connectivity index (χ3n) is 8.12. The van der Waals surface area contributed by atoms with E-state index in [1.165, 1.54) is 75.6 Å². The van der Waals surface area contributed by atoms with Crippen molar-refractivity contribution in [2.24, 2.45) is 10.9 Å². The molecule has 0 aromatic carbocycles. The number of allylic oxidation sites excluding steroid dienone is 2. The monoisotopic (exact) mass is 671 g/mol. The summed E-state index contributed by atoms with van der Waals surface area (Å²) in [6.45, 7) is 36.1. The highest BCUT2D eigenvalue weighted by atomic mass is 19.1. The minimum Gasteiger partial charge on any atom is -0.339 e. The molecule has 6 nitrogen and oxygen atoms in total. The van der Waals surface area contributed by atoms with Gasteiger partial charge >= 0.3 is 0 Å². The number of pyridine rings is 1. The lowest BCUT2D eigenvalue weighted by Crippen LogP contribution is -2.36. The number of aromatic nitrogens is 1. The Morgan fingerprint density at radius 2 is 1.33 bits per heavy atom. The fraction of sp³-hybridized carbons (Fsp3) is 0.659. The van der Waals surface area contributed by atoms with Crippen LogP contribution < -0.4 is 10.2 Å². The van der Waals surface area contributed by atoms with E-state index in [1.807, 2.05) is 87.8 Å². The van der Waals surface area contributed by atoms with Gasteiger partial charge in [-0.15, -0.1) is 0 Å². The van der Waals surface area contributed by atoms with Gasteiger partial charge < -0.3 is 20.0 Å². The van der Waals surface area contributed by atoms with Crippen LogP contribution in [0.3, 0.4) is 0 Å². The van der Waals surface area contributed by atoms with Crippen LogP contribution in [-0.4, -0.2) is 53.9 Å². The average Bonchev–Trinajstić information content (AvgIpc) is 3.61. The molecule has 0 amide bonds. The SMILES string of the molecule is C=C1Nc2cnc(C)cc2N1C1CCCCC1.C=CC1=C(C=NC)N(CC(C)C)C(=C)N1C1CCCCC1.CC.CC.CC.CC.CF. The maximum Gasteiger partial charge on any atom is 0.106 e. The van der Waals surface area contributed by atoms with Gasteiger partial charge in [0.05, 0.1) is 36.1 Å². The third-order valence-corrected chi connectivity index (χ3v) is 8.12. The van der Waals surface area contributed by atoms with E-state index in [1.54, 1.807) is 0 Å². The van der Waals surface area contributed by atoms with Crippen molar-refractivity contribution in [3.05, 3.63) is 66.8 Å². The first kappa shape index (κ1) is 47.0. The second kappa shape index (κ2) is 27.8. The highest BCUT2D eigenvalue weighted by molar-refractivity contribution is 5.81. The molecular weight excluding hydrogens is 595 g/mol. The van der Waals surface area contributed by atoms with Crippen molar-refractivity contribution < 1.29 is 4.39 Å². The summed E-state index contributed by atoms with van der Waals surface area (Å²) in [6.07, 6.45) is 19.0. The molecule has 1 N–H and O–H groups in total. The van der Waals surface area contributed by atoms with Gasteiger partial charge in [0.15, 0.2) is 0 Å². The topological polar surface area (TPSA) is 47.0 Å². The van der Waals surface area contributed by atoms with Crippen LogP contribution in [0.1, 0.15) is 139 Å². The lowest BCUT2D eigenvalue weighted by molar-refractivity contribution is 0.220. The molecule has 4 aliphatic rings. The highest BCUT2D eigenvalue weighted by Gasteiger charge is 2.35. The molecule has 2 saturated carbocycles. The van der Waals surface area contributed by atoms with Crippen molar-refractivity contribution in [1.82, 2.24) is 14.8 Å². The number of hydrogen-bond acceptors (Lipinski definition) is 6. The molecule has 7 heteroatoms. The van der Waals surface area contributed by atoms with Crippen molar-refractivity contribution in [1.29, 1.82) is 0 Å². The van der Waals surface area contributed by atoms with Gasteiger partial charge in [0.2, 0.25) is 0 Å². The molecule has 0 saturated heterocycles. The molecule has 0 atom stereocenters. The quantitative estimate of drug-likeness (QED) is 0.305. The Balaban J connectivity index is 0. The molecule has 3 heterocycles. The molecule has 1 aromatic rings. The van der Waals surface area contributed by atoms with Gasteiger partial charge in [-0.1, -0.05) is 127 Å². The van der Waals surface area contributed by atoms with Crippen LogP contribution >= 0.6 is 0 Å². The minimum absolute atomic E-state index is 0.500. The van der Waals surface area contributed by atoms with Crippen LogP contribution in [-0.2, 0) is 0 Å². The summed E-state index contributed by atoms with van der Waals surface area (Å²) in [4.78, 5) is 15.7. The number of nitrogens with one attached hydrogen (secondary N) is 1. The van der Waals surface area contributed by atoms with Crippen LogP contribution in [0, 0.1) is 12.8 Å². The Morgan fingerprint density at radius 1 is 0.854 bits per heavy atom. The van der Waals surface area contributed by atoms with Gasteiger partial charge in [0.1, 0.15) is 11.6 Å². The lowest BCUT2D eigenvalue weighted by Gasteiger charge is -2.35. The van der Waals surface area contributed by atoms with Gasteiger partial charge in [-0.25, -0.2) is 0 Å². The minimum atomic E-state index is 0.500. The van der Waals surface area contributed by atoms with Crippen LogP contribution in [0.5, 0.6) is 0 Å². The summed E-state index contributed by atoms with van der Waals surface area (Å²) in [6, 6.07) is 3.35. The van der Waals surface area contributed by atoms with Crippen molar-refractivity contribution in [2.75, 3.05) is 31.0 Å². The molecule has 0 spiro atoms. The molecule has 0 bridgehead atoms. The molecule has 276 valence electrons. The first-order valence-corrected chi connectivity index (χ1v) is 19.0. The van der Waals surface area contributed by atoms with E-state index in [0.29, 0.717) is 25.2 Å². The van der Waals surface area contributed by atoms with Crippen molar-refractivity contribution in [2.45, 2.75) is 152 Å². The zero-order valence-electron chi connectivity index (χ0n) is 33.6. The Morgan fingerprint density at radius 3 is 1.77 bits per heavy atom. The van der Waals surface area contributed by atoms with Gasteiger partial charge in [0.25, 0.3) is 0 Å². The first-order valence-electron chi connectivity index (χ1n) is 19.0. The van der Waals surface area contributed by atoms with E-state index in [2.05, 4.69) is 69.6 Å². The number of hydrogen-bond donors (Lipinski definition) is 1. The van der Waals surface area contributed by atoms with E-state index in [4.69, 9.17) is 0 Å². The van der Waals surface area contributed by atoms with E-state index in [0.717, 1.165) is 35.3 Å². The fourth-order valence-electron chi connectivity index (χ4n) is 6.40. The second-order valence-electron chi connectivity index (χ2n) is 11.5. The number of anilines is 2. The van der Waals surface area contributed by atoms with Crippen LogP contribution in [0.25, 0.3) is 0 Å². The third kappa shape index (κ3) is 13.4. The number of nitrogens with zero attached hydrogens (tertiary/aromatic N) is 5. The van der Waals surface area contributed by atoms with Crippen LogP contribution in [0.4, 0.5) is 15.8 Å². The van der Waals surface area contributed by atoms with Crippen LogP contribution in [0.15, 0.2) is 66.1 Å². The fourth-order valence-corrected chi connectivity index (χ4v) is 6.40. The highest BCUT2D eigenvalue weighted by Crippen LogP contribution is 2.40. The van der Waals surface area contributed by atoms with E-state index >= 15 is 0 Å². The number of aliphatic imine (C=N–C) groups is 1. The Bertz CT molecular complexity index is 1080. The molecule has 0 radical (unpaired) electrons. The molecule has 2 aliphatic carbocycles. The van der Waals surface area contributed by atoms with Crippen molar-refractivity contribution in [3.8, 4) is 0 Å². The zero-order chi connectivity index (χ0) is 37.2. The number of rotatable bonds is 6. The summed E-state index contributed by atoms with van der Waals surface area (Å²) in [5.74, 6) is 2.69. The normalized spacial score (nSPS) is 17.1. The Kier molecular flexibility index (Phi) is 27.3. The number of aryl methyl sites for hydroxylation is 1. The van der Waals surface area contributed by atoms with Gasteiger partial charge in [-0.3, -0.25) is 14.4 Å². The molecular formula is C41H75FN6. The predicted octanol–water partition coefficient (Wildman–Crippen LogP) is 12.3.